The van der Waals surface area contributed by atoms with Crippen LogP contribution in [0.2, 0.25) is 0 Å². The molecule has 3 aromatic rings. The lowest BCUT2D eigenvalue weighted by atomic mass is 9.83. The molecule has 0 aliphatic heterocycles. The Kier molecular flexibility index (Phi) is 5.60. The summed E-state index contributed by atoms with van der Waals surface area (Å²) < 4.78 is 5.67. The number of ether oxygens (including phenoxy) is 1. The van der Waals surface area contributed by atoms with E-state index in [1.54, 1.807) is 0 Å². The molecule has 3 rings (SSSR count). The van der Waals surface area contributed by atoms with E-state index in [4.69, 9.17) is 4.74 Å². The maximum absolute atomic E-state index is 11.9. The topological polar surface area (TPSA) is 46.5 Å². The molecule has 0 saturated heterocycles. The van der Waals surface area contributed by atoms with E-state index in [1.165, 1.54) is 0 Å². The average Bonchev–Trinajstić information content (AvgIpc) is 2.69. The molecule has 126 valence electrons. The summed E-state index contributed by atoms with van der Waals surface area (Å²) in [5.41, 5.74) is 2.99. The second-order valence-electron chi connectivity index (χ2n) is 5.78. The first-order valence-corrected chi connectivity index (χ1v) is 8.25. The van der Waals surface area contributed by atoms with E-state index in [2.05, 4.69) is 0 Å². The molecule has 0 bridgehead atoms. The quantitative estimate of drug-likeness (QED) is 0.692. The molecule has 1 atom stereocenters. The fourth-order valence-corrected chi connectivity index (χ4v) is 3.01. The van der Waals surface area contributed by atoms with Crippen LogP contribution in [0.1, 0.15) is 28.7 Å². The van der Waals surface area contributed by atoms with Crippen LogP contribution >= 0.6 is 0 Å². The smallest absolute Gasteiger partial charge is 0.332 e. The standard InChI is InChI=1S/C22H20O3/c23-16-20(24)25-22(19-14-8-3-9-15-19)21(17-10-4-1-5-11-17)18-12-6-2-7-13-18/h1-15,21-23H,16H2/t22-/m0/s1. The predicted molar refractivity (Wildman–Crippen MR) is 97.1 cm³/mol. The molecule has 3 heteroatoms. The highest BCUT2D eigenvalue weighted by molar-refractivity contribution is 5.71. The second-order valence-corrected chi connectivity index (χ2v) is 5.78. The number of carbonyl (C=O) groups excluding carboxylic acids is 1. The summed E-state index contributed by atoms with van der Waals surface area (Å²) in [7, 11) is 0. The summed E-state index contributed by atoms with van der Waals surface area (Å²) in [5, 5.41) is 9.18. The van der Waals surface area contributed by atoms with Gasteiger partial charge in [-0.05, 0) is 16.7 Å². The Hall–Kier alpha value is -2.91. The molecule has 25 heavy (non-hydrogen) atoms. The maximum Gasteiger partial charge on any atom is 0.332 e. The Labute approximate surface area is 147 Å². The first-order valence-electron chi connectivity index (χ1n) is 8.25. The van der Waals surface area contributed by atoms with Crippen LogP contribution in [0.5, 0.6) is 0 Å². The van der Waals surface area contributed by atoms with E-state index in [9.17, 15) is 9.90 Å². The third-order valence-electron chi connectivity index (χ3n) is 4.14. The van der Waals surface area contributed by atoms with Gasteiger partial charge in [0, 0.05) is 0 Å². The second kappa shape index (κ2) is 8.27. The van der Waals surface area contributed by atoms with Crippen LogP contribution in [0.4, 0.5) is 0 Å². The molecule has 0 amide bonds. The molecule has 0 heterocycles. The van der Waals surface area contributed by atoms with Gasteiger partial charge in [-0.15, -0.1) is 0 Å². The third kappa shape index (κ3) is 4.14. The van der Waals surface area contributed by atoms with Gasteiger partial charge in [0.05, 0.1) is 5.92 Å². The van der Waals surface area contributed by atoms with E-state index in [0.717, 1.165) is 16.7 Å². The lowest BCUT2D eigenvalue weighted by molar-refractivity contribution is -0.153. The Morgan fingerprint density at radius 1 is 0.720 bits per heavy atom. The van der Waals surface area contributed by atoms with Crippen molar-refractivity contribution in [2.24, 2.45) is 0 Å². The minimum atomic E-state index is -0.639. The SMILES string of the molecule is O=C(CO)O[C@@H](c1ccccc1)C(c1ccccc1)c1ccccc1. The number of aliphatic hydroxyl groups is 1. The van der Waals surface area contributed by atoms with Crippen LogP contribution in [0.3, 0.4) is 0 Å². The summed E-state index contributed by atoms with van der Waals surface area (Å²) in [6, 6.07) is 29.6. The molecule has 0 spiro atoms. The van der Waals surface area contributed by atoms with Gasteiger partial charge in [-0.3, -0.25) is 0 Å². The summed E-state index contributed by atoms with van der Waals surface area (Å²) in [6.45, 7) is -0.639. The average molecular weight is 332 g/mol. The van der Waals surface area contributed by atoms with E-state index >= 15 is 0 Å². The van der Waals surface area contributed by atoms with Crippen LogP contribution in [0.15, 0.2) is 91.0 Å². The first-order chi connectivity index (χ1) is 12.3. The van der Waals surface area contributed by atoms with Crippen molar-refractivity contribution in [3.63, 3.8) is 0 Å². The van der Waals surface area contributed by atoms with Crippen LogP contribution in [-0.4, -0.2) is 17.7 Å². The zero-order chi connectivity index (χ0) is 17.5. The van der Waals surface area contributed by atoms with Gasteiger partial charge in [-0.2, -0.15) is 0 Å². The highest BCUT2D eigenvalue weighted by atomic mass is 16.6. The fraction of sp³-hybridized carbons (Fsp3) is 0.136. The van der Waals surface area contributed by atoms with Crippen molar-refractivity contribution in [1.82, 2.24) is 0 Å². The molecular weight excluding hydrogens is 312 g/mol. The predicted octanol–water partition coefficient (Wildman–Crippen LogP) is 4.10. The van der Waals surface area contributed by atoms with Gasteiger partial charge < -0.3 is 9.84 Å². The van der Waals surface area contributed by atoms with Crippen molar-refractivity contribution in [3.05, 3.63) is 108 Å². The van der Waals surface area contributed by atoms with Crippen LogP contribution in [0, 0.1) is 0 Å². The van der Waals surface area contributed by atoms with Gasteiger partial charge >= 0.3 is 5.97 Å². The number of hydrogen-bond donors (Lipinski definition) is 1. The normalized spacial score (nSPS) is 11.9. The van der Waals surface area contributed by atoms with Crippen molar-refractivity contribution < 1.29 is 14.6 Å². The van der Waals surface area contributed by atoms with E-state index < -0.39 is 18.7 Å². The highest BCUT2D eigenvalue weighted by Gasteiger charge is 2.29. The number of rotatable bonds is 6. The van der Waals surface area contributed by atoms with E-state index in [1.807, 2.05) is 91.0 Å². The number of hydrogen-bond acceptors (Lipinski definition) is 3. The van der Waals surface area contributed by atoms with Crippen molar-refractivity contribution in [2.75, 3.05) is 6.61 Å². The Morgan fingerprint density at radius 2 is 1.12 bits per heavy atom. The Morgan fingerprint density at radius 3 is 1.52 bits per heavy atom. The van der Waals surface area contributed by atoms with Crippen LogP contribution < -0.4 is 0 Å². The molecule has 0 saturated carbocycles. The summed E-state index contributed by atoms with van der Waals surface area (Å²) >= 11 is 0. The molecular formula is C22H20O3. The van der Waals surface area contributed by atoms with Gasteiger partial charge in [-0.25, -0.2) is 4.79 Å². The molecule has 0 unspecified atom stereocenters. The lowest BCUT2D eigenvalue weighted by Gasteiger charge is -2.28. The molecule has 0 aliphatic carbocycles. The van der Waals surface area contributed by atoms with Crippen LogP contribution in [0.25, 0.3) is 0 Å². The number of benzene rings is 3. The minimum absolute atomic E-state index is 0.166. The Balaban J connectivity index is 2.11. The number of carbonyl (C=O) groups is 1. The number of esters is 1. The minimum Gasteiger partial charge on any atom is -0.455 e. The van der Waals surface area contributed by atoms with Crippen molar-refractivity contribution >= 4 is 5.97 Å². The van der Waals surface area contributed by atoms with Crippen molar-refractivity contribution in [3.8, 4) is 0 Å². The Bertz CT molecular complexity index is 746. The summed E-state index contributed by atoms with van der Waals surface area (Å²) in [6.07, 6.45) is -0.523. The summed E-state index contributed by atoms with van der Waals surface area (Å²) in [5.74, 6) is -0.800. The van der Waals surface area contributed by atoms with Gasteiger partial charge in [0.15, 0.2) is 0 Å². The van der Waals surface area contributed by atoms with Crippen LogP contribution in [-0.2, 0) is 9.53 Å². The molecule has 0 fully saturated rings. The lowest BCUT2D eigenvalue weighted by Crippen LogP contribution is -2.21. The zero-order valence-corrected chi connectivity index (χ0v) is 13.8. The molecule has 0 aliphatic rings. The van der Waals surface area contributed by atoms with E-state index in [0.29, 0.717) is 0 Å². The van der Waals surface area contributed by atoms with Crippen molar-refractivity contribution in [1.29, 1.82) is 0 Å². The van der Waals surface area contributed by atoms with Gasteiger partial charge in [0.2, 0.25) is 0 Å². The first kappa shape index (κ1) is 16.9. The largest absolute Gasteiger partial charge is 0.455 e. The highest BCUT2D eigenvalue weighted by Crippen LogP contribution is 2.39. The summed E-state index contributed by atoms with van der Waals surface area (Å²) in [4.78, 5) is 11.9. The molecule has 3 nitrogen and oxygen atoms in total. The van der Waals surface area contributed by atoms with Gasteiger partial charge in [0.25, 0.3) is 0 Å². The third-order valence-corrected chi connectivity index (χ3v) is 4.14. The monoisotopic (exact) mass is 332 g/mol. The van der Waals surface area contributed by atoms with Crippen molar-refractivity contribution in [2.45, 2.75) is 12.0 Å². The molecule has 0 aromatic heterocycles. The maximum atomic E-state index is 11.9. The molecule has 0 radical (unpaired) electrons. The van der Waals surface area contributed by atoms with Gasteiger partial charge in [0.1, 0.15) is 12.7 Å². The molecule has 3 aromatic carbocycles. The zero-order valence-electron chi connectivity index (χ0n) is 13.8. The fourth-order valence-electron chi connectivity index (χ4n) is 3.01. The number of aliphatic hydroxyl groups excluding tert-OH is 1. The van der Waals surface area contributed by atoms with Gasteiger partial charge in [-0.1, -0.05) is 91.0 Å². The molecule has 1 N–H and O–H groups in total. The van der Waals surface area contributed by atoms with E-state index in [-0.39, 0.29) is 5.92 Å².